The van der Waals surface area contributed by atoms with Crippen molar-refractivity contribution in [1.29, 1.82) is 0 Å². The molecule has 0 aromatic heterocycles. The summed E-state index contributed by atoms with van der Waals surface area (Å²) in [5.41, 5.74) is 5.79. The van der Waals surface area contributed by atoms with Gasteiger partial charge in [-0.3, -0.25) is 4.79 Å². The number of methoxy groups -OCH3 is 2. The monoisotopic (exact) mass is 274 g/mol. The van der Waals surface area contributed by atoms with Crippen molar-refractivity contribution in [2.24, 2.45) is 0 Å². The zero-order chi connectivity index (χ0) is 13.8. The summed E-state index contributed by atoms with van der Waals surface area (Å²) >= 11 is 0. The molecule has 0 aliphatic carbocycles. The third-order valence-electron chi connectivity index (χ3n) is 2.11. The number of rotatable bonds is 5. The van der Waals surface area contributed by atoms with Crippen molar-refractivity contribution in [3.63, 3.8) is 0 Å². The number of ether oxygens (including phenoxy) is 2. The minimum absolute atomic E-state index is 0.131. The van der Waals surface area contributed by atoms with Gasteiger partial charge in [-0.25, -0.2) is 8.42 Å². The lowest BCUT2D eigenvalue weighted by molar-refractivity contribution is -0.139. The van der Waals surface area contributed by atoms with E-state index in [0.29, 0.717) is 0 Å². The van der Waals surface area contributed by atoms with Gasteiger partial charge >= 0.3 is 5.97 Å². The summed E-state index contributed by atoms with van der Waals surface area (Å²) in [7, 11) is -1.38. The van der Waals surface area contributed by atoms with Crippen LogP contribution in [0.15, 0.2) is 23.1 Å². The quantitative estimate of drug-likeness (QED) is 0.565. The standard InChI is InChI=1S/C10H14N2O5S/c1-16-8-4-3-7(11)5-9(8)18(14,15)12-6-10(13)17-2/h3-5,12H,6,11H2,1-2H3. The van der Waals surface area contributed by atoms with Gasteiger partial charge in [0, 0.05) is 5.69 Å². The van der Waals surface area contributed by atoms with Gasteiger partial charge in [-0.1, -0.05) is 0 Å². The fourth-order valence-corrected chi connectivity index (χ4v) is 2.38. The molecule has 0 saturated carbocycles. The number of nitrogen functional groups attached to an aromatic ring is 1. The van der Waals surface area contributed by atoms with E-state index in [1.165, 1.54) is 25.3 Å². The molecule has 3 N–H and O–H groups in total. The largest absolute Gasteiger partial charge is 0.495 e. The van der Waals surface area contributed by atoms with Crippen molar-refractivity contribution < 1.29 is 22.7 Å². The van der Waals surface area contributed by atoms with E-state index < -0.39 is 22.5 Å². The number of hydrogen-bond donors (Lipinski definition) is 2. The highest BCUT2D eigenvalue weighted by Gasteiger charge is 2.20. The maximum absolute atomic E-state index is 11.9. The summed E-state index contributed by atoms with van der Waals surface area (Å²) in [6, 6.07) is 4.19. The summed E-state index contributed by atoms with van der Waals surface area (Å²) in [5.74, 6) is -0.553. The SMILES string of the molecule is COC(=O)CNS(=O)(=O)c1cc(N)ccc1OC. The fraction of sp³-hybridized carbons (Fsp3) is 0.300. The Kier molecular flexibility index (Phi) is 4.51. The molecule has 1 rings (SSSR count). The van der Waals surface area contributed by atoms with Crippen LogP contribution in [-0.2, 0) is 19.6 Å². The summed E-state index contributed by atoms with van der Waals surface area (Å²) in [4.78, 5) is 10.8. The highest BCUT2D eigenvalue weighted by atomic mass is 32.2. The molecule has 0 radical (unpaired) electrons. The number of anilines is 1. The molecule has 18 heavy (non-hydrogen) atoms. The van der Waals surface area contributed by atoms with Crippen LogP contribution >= 0.6 is 0 Å². The summed E-state index contributed by atoms with van der Waals surface area (Å²) in [6.07, 6.45) is 0. The van der Waals surface area contributed by atoms with E-state index in [1.807, 2.05) is 0 Å². The van der Waals surface area contributed by atoms with Crippen molar-refractivity contribution in [2.45, 2.75) is 4.90 Å². The van der Waals surface area contributed by atoms with Gasteiger partial charge in [-0.2, -0.15) is 4.72 Å². The predicted octanol–water partition coefficient (Wildman–Crippen LogP) is -0.271. The van der Waals surface area contributed by atoms with Crippen molar-refractivity contribution in [3.8, 4) is 5.75 Å². The average Bonchev–Trinajstić information content (AvgIpc) is 2.36. The van der Waals surface area contributed by atoms with Gasteiger partial charge in [0.15, 0.2) is 0 Å². The van der Waals surface area contributed by atoms with Crippen LogP contribution in [0.2, 0.25) is 0 Å². The number of benzene rings is 1. The van der Waals surface area contributed by atoms with Crippen molar-refractivity contribution in [1.82, 2.24) is 4.72 Å². The zero-order valence-corrected chi connectivity index (χ0v) is 10.8. The first kappa shape index (κ1) is 14.3. The van der Waals surface area contributed by atoms with E-state index in [4.69, 9.17) is 10.5 Å². The third kappa shape index (κ3) is 3.34. The predicted molar refractivity (Wildman–Crippen MR) is 64.6 cm³/mol. The van der Waals surface area contributed by atoms with Gasteiger partial charge in [0.1, 0.15) is 17.2 Å². The first-order valence-corrected chi connectivity index (χ1v) is 6.39. The minimum Gasteiger partial charge on any atom is -0.495 e. The molecule has 0 atom stereocenters. The van der Waals surface area contributed by atoms with E-state index in [9.17, 15) is 13.2 Å². The molecule has 0 heterocycles. The van der Waals surface area contributed by atoms with Gasteiger partial charge in [0.25, 0.3) is 0 Å². The maximum Gasteiger partial charge on any atom is 0.320 e. The number of sulfonamides is 1. The van der Waals surface area contributed by atoms with Crippen LogP contribution in [0.25, 0.3) is 0 Å². The molecule has 0 spiro atoms. The lowest BCUT2D eigenvalue weighted by Crippen LogP contribution is -2.30. The zero-order valence-electron chi connectivity index (χ0n) is 9.97. The Balaban J connectivity index is 3.04. The molecule has 0 saturated heterocycles. The number of nitrogens with two attached hydrogens (primary N) is 1. The van der Waals surface area contributed by atoms with E-state index in [-0.39, 0.29) is 16.3 Å². The summed E-state index contributed by atoms with van der Waals surface area (Å²) in [6.45, 7) is -0.462. The molecule has 1 aromatic rings. The van der Waals surface area contributed by atoms with Crippen molar-refractivity contribution >= 4 is 21.7 Å². The summed E-state index contributed by atoms with van der Waals surface area (Å²) < 4.78 is 35.2. The van der Waals surface area contributed by atoms with E-state index in [0.717, 1.165) is 7.11 Å². The van der Waals surface area contributed by atoms with Crippen LogP contribution in [0.4, 0.5) is 5.69 Å². The molecule has 8 heteroatoms. The first-order chi connectivity index (χ1) is 8.40. The Labute approximate surface area is 105 Å². The molecule has 0 fully saturated rings. The first-order valence-electron chi connectivity index (χ1n) is 4.90. The van der Waals surface area contributed by atoms with Crippen LogP contribution in [0.5, 0.6) is 5.75 Å². The number of carbonyl (C=O) groups is 1. The van der Waals surface area contributed by atoms with Gasteiger partial charge in [-0.15, -0.1) is 0 Å². The van der Waals surface area contributed by atoms with Crippen LogP contribution in [0, 0.1) is 0 Å². The number of esters is 1. The second-order valence-corrected chi connectivity index (χ2v) is 5.05. The second kappa shape index (κ2) is 5.69. The Morgan fingerprint density at radius 3 is 2.61 bits per heavy atom. The topological polar surface area (TPSA) is 108 Å². The van der Waals surface area contributed by atoms with Gasteiger partial charge in [0.05, 0.1) is 14.2 Å². The van der Waals surface area contributed by atoms with Crippen LogP contribution < -0.4 is 15.2 Å². The van der Waals surface area contributed by atoms with Gasteiger partial charge in [-0.05, 0) is 18.2 Å². The van der Waals surface area contributed by atoms with Crippen LogP contribution in [0.3, 0.4) is 0 Å². The van der Waals surface area contributed by atoms with Crippen molar-refractivity contribution in [2.75, 3.05) is 26.5 Å². The average molecular weight is 274 g/mol. The van der Waals surface area contributed by atoms with Crippen molar-refractivity contribution in [3.05, 3.63) is 18.2 Å². The molecule has 7 nitrogen and oxygen atoms in total. The molecule has 0 unspecified atom stereocenters. The lowest BCUT2D eigenvalue weighted by atomic mass is 10.3. The molecular weight excluding hydrogens is 260 g/mol. The number of hydrogen-bond acceptors (Lipinski definition) is 6. The lowest BCUT2D eigenvalue weighted by Gasteiger charge is -2.10. The molecule has 0 aliphatic heterocycles. The third-order valence-corrected chi connectivity index (χ3v) is 3.53. The number of nitrogens with one attached hydrogen (secondary N) is 1. The Hall–Kier alpha value is -1.80. The van der Waals surface area contributed by atoms with Crippen LogP contribution in [0.1, 0.15) is 0 Å². The number of carbonyl (C=O) groups excluding carboxylic acids is 1. The second-order valence-electron chi connectivity index (χ2n) is 3.31. The molecule has 0 amide bonds. The molecule has 1 aromatic carbocycles. The Bertz CT molecular complexity index is 541. The molecular formula is C10H14N2O5S. The highest BCUT2D eigenvalue weighted by Crippen LogP contribution is 2.25. The Morgan fingerprint density at radius 2 is 2.06 bits per heavy atom. The van der Waals surface area contributed by atoms with E-state index in [1.54, 1.807) is 0 Å². The maximum atomic E-state index is 11.9. The normalized spacial score (nSPS) is 11.0. The molecule has 100 valence electrons. The summed E-state index contributed by atoms with van der Waals surface area (Å²) in [5, 5.41) is 0. The Morgan fingerprint density at radius 1 is 1.39 bits per heavy atom. The minimum atomic E-state index is -3.89. The van der Waals surface area contributed by atoms with E-state index in [2.05, 4.69) is 9.46 Å². The smallest absolute Gasteiger partial charge is 0.320 e. The van der Waals surface area contributed by atoms with Crippen LogP contribution in [-0.4, -0.2) is 35.2 Å². The fourth-order valence-electron chi connectivity index (χ4n) is 1.21. The molecule has 0 bridgehead atoms. The van der Waals surface area contributed by atoms with E-state index >= 15 is 0 Å². The van der Waals surface area contributed by atoms with Gasteiger partial charge < -0.3 is 15.2 Å². The molecule has 0 aliphatic rings. The van der Waals surface area contributed by atoms with Gasteiger partial charge in [0.2, 0.25) is 10.0 Å². The highest BCUT2D eigenvalue weighted by molar-refractivity contribution is 7.89.